The van der Waals surface area contributed by atoms with Gasteiger partial charge >= 0.3 is 0 Å². The number of hydrogen-bond acceptors (Lipinski definition) is 4. The zero-order valence-corrected chi connectivity index (χ0v) is 14.9. The standard InChI is InChI=1S/C20H25N3O2/c1-16-6-3-4-7-17(16)14-19(24)23-12-10-22(11-13-23)15-18-8-5-9-21-20(18)25-2/h3-9H,10-15H2,1-2H3. The Morgan fingerprint density at radius 1 is 1.08 bits per heavy atom. The summed E-state index contributed by atoms with van der Waals surface area (Å²) >= 11 is 0. The van der Waals surface area contributed by atoms with E-state index in [1.54, 1.807) is 13.3 Å². The summed E-state index contributed by atoms with van der Waals surface area (Å²) in [5, 5.41) is 0. The summed E-state index contributed by atoms with van der Waals surface area (Å²) in [6, 6.07) is 12.1. The average Bonchev–Trinajstić information content (AvgIpc) is 2.64. The second-order valence-electron chi connectivity index (χ2n) is 6.43. The lowest BCUT2D eigenvalue weighted by molar-refractivity contribution is -0.132. The summed E-state index contributed by atoms with van der Waals surface area (Å²) in [4.78, 5) is 21.1. The Morgan fingerprint density at radius 2 is 1.80 bits per heavy atom. The lowest BCUT2D eigenvalue weighted by Crippen LogP contribution is -2.48. The number of amides is 1. The topological polar surface area (TPSA) is 45.7 Å². The maximum atomic E-state index is 12.6. The van der Waals surface area contributed by atoms with E-state index in [2.05, 4.69) is 22.9 Å². The Balaban J connectivity index is 1.53. The molecular weight excluding hydrogens is 314 g/mol. The largest absolute Gasteiger partial charge is 0.481 e. The van der Waals surface area contributed by atoms with Crippen LogP contribution < -0.4 is 4.74 Å². The summed E-state index contributed by atoms with van der Waals surface area (Å²) in [5.74, 6) is 0.897. The third-order valence-electron chi connectivity index (χ3n) is 4.77. The predicted octanol–water partition coefficient (Wildman–Crippen LogP) is 2.29. The highest BCUT2D eigenvalue weighted by atomic mass is 16.5. The molecule has 0 radical (unpaired) electrons. The molecule has 3 rings (SSSR count). The third kappa shape index (κ3) is 4.37. The van der Waals surface area contributed by atoms with Gasteiger partial charge in [0.25, 0.3) is 0 Å². The average molecular weight is 339 g/mol. The van der Waals surface area contributed by atoms with Gasteiger partial charge in [-0.15, -0.1) is 0 Å². The zero-order chi connectivity index (χ0) is 17.6. The lowest BCUT2D eigenvalue weighted by Gasteiger charge is -2.35. The molecule has 25 heavy (non-hydrogen) atoms. The van der Waals surface area contributed by atoms with Crippen LogP contribution in [0, 0.1) is 6.92 Å². The van der Waals surface area contributed by atoms with Crippen molar-refractivity contribution in [1.82, 2.24) is 14.8 Å². The van der Waals surface area contributed by atoms with Gasteiger partial charge in [-0.25, -0.2) is 4.98 Å². The van der Waals surface area contributed by atoms with Gasteiger partial charge in [0, 0.05) is 44.5 Å². The van der Waals surface area contributed by atoms with Gasteiger partial charge in [-0.05, 0) is 24.1 Å². The summed E-state index contributed by atoms with van der Waals surface area (Å²) in [7, 11) is 1.65. The van der Waals surface area contributed by atoms with Gasteiger partial charge in [0.15, 0.2) is 0 Å². The quantitative estimate of drug-likeness (QED) is 0.838. The van der Waals surface area contributed by atoms with Crippen molar-refractivity contribution >= 4 is 5.91 Å². The number of carbonyl (C=O) groups is 1. The molecule has 0 unspecified atom stereocenters. The Labute approximate surface area is 149 Å². The Bertz CT molecular complexity index is 724. The minimum absolute atomic E-state index is 0.216. The molecular formula is C20H25N3O2. The van der Waals surface area contributed by atoms with E-state index in [9.17, 15) is 4.79 Å². The summed E-state index contributed by atoms with van der Waals surface area (Å²) < 4.78 is 5.32. The zero-order valence-electron chi connectivity index (χ0n) is 14.9. The number of aryl methyl sites for hydroxylation is 1. The fraction of sp³-hybridized carbons (Fsp3) is 0.400. The maximum Gasteiger partial charge on any atom is 0.227 e. The molecule has 1 fully saturated rings. The number of benzene rings is 1. The maximum absolute atomic E-state index is 12.6. The van der Waals surface area contributed by atoms with Crippen LogP contribution in [0.15, 0.2) is 42.6 Å². The number of nitrogens with zero attached hydrogens (tertiary/aromatic N) is 3. The normalized spacial score (nSPS) is 15.2. The molecule has 1 aromatic carbocycles. The van der Waals surface area contributed by atoms with E-state index in [-0.39, 0.29) is 5.91 Å². The van der Waals surface area contributed by atoms with Crippen LogP contribution in [0.1, 0.15) is 16.7 Å². The fourth-order valence-electron chi connectivity index (χ4n) is 3.21. The first kappa shape index (κ1) is 17.4. The lowest BCUT2D eigenvalue weighted by atomic mass is 10.1. The Kier molecular flexibility index (Phi) is 5.66. The molecule has 1 saturated heterocycles. The molecule has 0 saturated carbocycles. The number of pyridine rings is 1. The number of aromatic nitrogens is 1. The van der Waals surface area contributed by atoms with E-state index >= 15 is 0 Å². The first-order chi connectivity index (χ1) is 12.2. The highest BCUT2D eigenvalue weighted by molar-refractivity contribution is 5.79. The molecule has 0 bridgehead atoms. The van der Waals surface area contributed by atoms with Crippen molar-refractivity contribution in [2.45, 2.75) is 19.9 Å². The number of methoxy groups -OCH3 is 1. The fourth-order valence-corrected chi connectivity index (χ4v) is 3.21. The predicted molar refractivity (Wildman–Crippen MR) is 97.5 cm³/mol. The van der Waals surface area contributed by atoms with E-state index in [4.69, 9.17) is 4.74 Å². The molecule has 2 aromatic rings. The van der Waals surface area contributed by atoms with Crippen molar-refractivity contribution in [3.05, 3.63) is 59.3 Å². The first-order valence-electron chi connectivity index (χ1n) is 8.70. The van der Waals surface area contributed by atoms with E-state index < -0.39 is 0 Å². The van der Waals surface area contributed by atoms with Crippen LogP contribution in [0.2, 0.25) is 0 Å². The number of hydrogen-bond donors (Lipinski definition) is 0. The van der Waals surface area contributed by atoms with Crippen molar-refractivity contribution in [3.8, 4) is 5.88 Å². The van der Waals surface area contributed by atoms with Gasteiger partial charge < -0.3 is 9.64 Å². The van der Waals surface area contributed by atoms with Crippen LogP contribution in [0.25, 0.3) is 0 Å². The molecule has 5 heteroatoms. The molecule has 0 N–H and O–H groups in total. The van der Waals surface area contributed by atoms with Crippen LogP contribution in [0.4, 0.5) is 0 Å². The number of carbonyl (C=O) groups excluding carboxylic acids is 1. The van der Waals surface area contributed by atoms with Crippen molar-refractivity contribution in [2.24, 2.45) is 0 Å². The highest BCUT2D eigenvalue weighted by Crippen LogP contribution is 2.17. The van der Waals surface area contributed by atoms with Gasteiger partial charge in [0.1, 0.15) is 0 Å². The molecule has 132 valence electrons. The minimum atomic E-state index is 0.216. The second kappa shape index (κ2) is 8.12. The van der Waals surface area contributed by atoms with Crippen molar-refractivity contribution < 1.29 is 9.53 Å². The van der Waals surface area contributed by atoms with Crippen molar-refractivity contribution in [1.29, 1.82) is 0 Å². The van der Waals surface area contributed by atoms with Crippen LogP contribution >= 0.6 is 0 Å². The molecule has 1 aromatic heterocycles. The third-order valence-corrected chi connectivity index (χ3v) is 4.77. The Morgan fingerprint density at radius 3 is 2.52 bits per heavy atom. The number of ether oxygens (including phenoxy) is 1. The van der Waals surface area contributed by atoms with Gasteiger partial charge in [-0.2, -0.15) is 0 Å². The smallest absolute Gasteiger partial charge is 0.227 e. The van der Waals surface area contributed by atoms with Crippen molar-refractivity contribution in [2.75, 3.05) is 33.3 Å². The number of rotatable bonds is 5. The van der Waals surface area contributed by atoms with Crippen molar-refractivity contribution in [3.63, 3.8) is 0 Å². The second-order valence-corrected chi connectivity index (χ2v) is 6.43. The summed E-state index contributed by atoms with van der Waals surface area (Å²) in [5.41, 5.74) is 3.39. The van der Waals surface area contributed by atoms with Crippen LogP contribution in [0.5, 0.6) is 5.88 Å². The molecule has 0 spiro atoms. The molecule has 0 atom stereocenters. The van der Waals surface area contributed by atoms with E-state index in [0.29, 0.717) is 12.3 Å². The van der Waals surface area contributed by atoms with Gasteiger partial charge in [0.05, 0.1) is 13.5 Å². The van der Waals surface area contributed by atoms with E-state index in [1.807, 2.05) is 35.2 Å². The number of piperazine rings is 1. The van der Waals surface area contributed by atoms with Gasteiger partial charge in [-0.3, -0.25) is 9.69 Å². The van der Waals surface area contributed by atoms with E-state index in [0.717, 1.165) is 43.9 Å². The monoisotopic (exact) mass is 339 g/mol. The van der Waals surface area contributed by atoms with Crippen LogP contribution in [-0.2, 0) is 17.8 Å². The minimum Gasteiger partial charge on any atom is -0.481 e. The van der Waals surface area contributed by atoms with Crippen LogP contribution in [-0.4, -0.2) is 54.0 Å². The molecule has 0 aliphatic carbocycles. The first-order valence-corrected chi connectivity index (χ1v) is 8.70. The van der Waals surface area contributed by atoms with Gasteiger partial charge in [0.2, 0.25) is 11.8 Å². The SMILES string of the molecule is COc1ncccc1CN1CCN(C(=O)Cc2ccccc2C)CC1. The molecule has 2 heterocycles. The molecule has 1 aliphatic rings. The molecule has 1 aliphatic heterocycles. The molecule has 1 amide bonds. The van der Waals surface area contributed by atoms with Crippen LogP contribution in [0.3, 0.4) is 0 Å². The van der Waals surface area contributed by atoms with E-state index in [1.165, 1.54) is 5.56 Å². The summed E-state index contributed by atoms with van der Waals surface area (Å²) in [6.45, 7) is 6.15. The highest BCUT2D eigenvalue weighted by Gasteiger charge is 2.22. The Hall–Kier alpha value is -2.40. The van der Waals surface area contributed by atoms with Gasteiger partial charge in [-0.1, -0.05) is 30.3 Å². The molecule has 5 nitrogen and oxygen atoms in total. The summed E-state index contributed by atoms with van der Waals surface area (Å²) in [6.07, 6.45) is 2.23.